The first-order chi connectivity index (χ1) is 28.0. The van der Waals surface area contributed by atoms with Crippen LogP contribution in [-0.4, -0.2) is 66.7 Å². The van der Waals surface area contributed by atoms with Gasteiger partial charge in [0.1, 0.15) is 17.7 Å². The van der Waals surface area contributed by atoms with Crippen molar-refractivity contribution in [1.82, 2.24) is 9.80 Å². The van der Waals surface area contributed by atoms with Gasteiger partial charge in [-0.2, -0.15) is 26.3 Å². The van der Waals surface area contributed by atoms with Crippen molar-refractivity contribution in [2.75, 3.05) is 32.8 Å². The average molecular weight is 769 g/mol. The molecular formula is C44H32N8O6-2. The van der Waals surface area contributed by atoms with Crippen LogP contribution in [0.1, 0.15) is 51.6 Å². The maximum Gasteiger partial charge on any atom is 0.409 e. The molecule has 1 unspecified atom stereocenters. The molecule has 4 rings (SSSR count). The molecule has 2 aromatic carbocycles. The van der Waals surface area contributed by atoms with Gasteiger partial charge in [0.25, 0.3) is 0 Å². The van der Waals surface area contributed by atoms with Gasteiger partial charge >= 0.3 is 12.1 Å². The minimum atomic E-state index is -1.41. The number of carboxylic acid groups (broad SMARTS) is 2. The summed E-state index contributed by atoms with van der Waals surface area (Å²) in [5, 5.41) is 72.0. The molecule has 0 saturated carbocycles. The first-order valence-corrected chi connectivity index (χ1v) is 17.7. The Morgan fingerprint density at radius 3 is 1.91 bits per heavy atom. The van der Waals surface area contributed by atoms with Crippen molar-refractivity contribution in [1.29, 1.82) is 26.3 Å². The van der Waals surface area contributed by atoms with Crippen LogP contribution in [0.3, 0.4) is 0 Å². The number of ether oxygens (including phenoxy) is 1. The number of amides is 1. The second-order valence-corrected chi connectivity index (χ2v) is 12.5. The number of hydrogen-bond donors (Lipinski definition) is 0. The van der Waals surface area contributed by atoms with E-state index in [2.05, 4.69) is 15.8 Å². The Morgan fingerprint density at radius 2 is 1.41 bits per heavy atom. The number of hydrogen-bond acceptors (Lipinski definition) is 12. The summed E-state index contributed by atoms with van der Waals surface area (Å²) in [6.07, 6.45) is 10.5. The fraction of sp³-hybridized carbons (Fsp3) is 0.205. The maximum atomic E-state index is 12.5. The third-order valence-corrected chi connectivity index (χ3v) is 9.15. The Balaban J connectivity index is 1.79. The maximum absolute atomic E-state index is 12.5. The standard InChI is InChI=1S/C44H34N8O6/c1-3-58-44(57)52-22-20-51(21-23-52)41-31(6-4-8-35(24-45)39(37(26-47)27-48)29-10-16-33(17-11-29)42(53)54)14-15-32(41)7-5-9-36(25-46)40(38(28-49)50-2)30-12-18-34(19-13-30)43(55)56/h4-13,16-19,38H,3,14-15,20-23H2,1H3,(H,53,54)(H,55,56)/p-2/b6-4+,9-5+,32-7+,35-8+,40-36-. The molecule has 286 valence electrons. The number of allylic oxidation sites excluding steroid dienone is 12. The summed E-state index contributed by atoms with van der Waals surface area (Å²) in [6.45, 7) is 11.2. The lowest BCUT2D eigenvalue weighted by Gasteiger charge is -2.37. The summed E-state index contributed by atoms with van der Waals surface area (Å²) >= 11 is 0. The van der Waals surface area contributed by atoms with E-state index in [4.69, 9.17) is 11.3 Å². The highest BCUT2D eigenvalue weighted by Gasteiger charge is 2.29. The fourth-order valence-corrected chi connectivity index (χ4v) is 6.40. The van der Waals surface area contributed by atoms with Crippen molar-refractivity contribution in [3.63, 3.8) is 0 Å². The predicted molar refractivity (Wildman–Crippen MR) is 205 cm³/mol. The molecule has 58 heavy (non-hydrogen) atoms. The fourth-order valence-electron chi connectivity index (χ4n) is 6.40. The Labute approximate surface area is 335 Å². The van der Waals surface area contributed by atoms with Crippen LogP contribution in [0.4, 0.5) is 4.79 Å². The predicted octanol–water partition coefficient (Wildman–Crippen LogP) is 4.31. The molecule has 2 aliphatic rings. The van der Waals surface area contributed by atoms with Gasteiger partial charge in [-0.3, -0.25) is 4.85 Å². The number of carbonyl (C=O) groups excluding carboxylic acids is 3. The number of carbonyl (C=O) groups is 3. The Hall–Kier alpha value is -8.43. The van der Waals surface area contributed by atoms with Crippen molar-refractivity contribution in [2.45, 2.75) is 25.8 Å². The summed E-state index contributed by atoms with van der Waals surface area (Å²) in [4.78, 5) is 42.1. The average Bonchev–Trinajstić information content (AvgIpc) is 3.65. The van der Waals surface area contributed by atoms with Gasteiger partial charge in [-0.25, -0.2) is 11.4 Å². The van der Waals surface area contributed by atoms with Crippen molar-refractivity contribution in [2.24, 2.45) is 0 Å². The molecule has 1 aliphatic carbocycles. The molecule has 1 amide bonds. The van der Waals surface area contributed by atoms with Crippen molar-refractivity contribution < 1.29 is 29.3 Å². The number of rotatable bonds is 12. The van der Waals surface area contributed by atoms with Gasteiger partial charge in [0.05, 0.1) is 47.4 Å². The van der Waals surface area contributed by atoms with E-state index < -0.39 is 24.1 Å². The number of aromatic carboxylic acids is 2. The molecule has 14 heteroatoms. The molecule has 2 aromatic rings. The van der Waals surface area contributed by atoms with Crippen molar-refractivity contribution in [3.8, 4) is 30.3 Å². The quantitative estimate of drug-likeness (QED) is 0.167. The third-order valence-electron chi connectivity index (χ3n) is 9.15. The monoisotopic (exact) mass is 768 g/mol. The molecule has 1 fully saturated rings. The molecule has 0 bridgehead atoms. The summed E-state index contributed by atoms with van der Waals surface area (Å²) < 4.78 is 5.18. The highest BCUT2D eigenvalue weighted by Crippen LogP contribution is 2.36. The smallest absolute Gasteiger partial charge is 0.409 e. The van der Waals surface area contributed by atoms with Gasteiger partial charge in [-0.05, 0) is 65.3 Å². The van der Waals surface area contributed by atoms with Crippen LogP contribution in [0.25, 0.3) is 16.0 Å². The van der Waals surface area contributed by atoms with Gasteiger partial charge in [-0.15, -0.1) is 0 Å². The largest absolute Gasteiger partial charge is 0.545 e. The molecule has 1 aliphatic heterocycles. The molecule has 14 nitrogen and oxygen atoms in total. The molecule has 0 radical (unpaired) electrons. The van der Waals surface area contributed by atoms with Crippen LogP contribution in [0.2, 0.25) is 0 Å². The molecule has 1 atom stereocenters. The minimum absolute atomic E-state index is 0.0200. The number of nitriles is 5. The van der Waals surface area contributed by atoms with Crippen LogP contribution in [0.15, 0.2) is 119 Å². The summed E-state index contributed by atoms with van der Waals surface area (Å²) in [5.41, 5.74) is 2.74. The van der Waals surface area contributed by atoms with E-state index in [0.29, 0.717) is 44.6 Å². The minimum Gasteiger partial charge on any atom is -0.545 e. The molecule has 0 N–H and O–H groups in total. The van der Waals surface area contributed by atoms with E-state index in [1.54, 1.807) is 48.3 Å². The Kier molecular flexibility index (Phi) is 14.8. The first kappa shape index (κ1) is 42.3. The van der Waals surface area contributed by atoms with Gasteiger partial charge in [0, 0.05) is 37.4 Å². The Morgan fingerprint density at radius 1 is 0.828 bits per heavy atom. The molecule has 0 spiro atoms. The number of nitrogens with zero attached hydrogens (tertiary/aromatic N) is 8. The molecular weight excluding hydrogens is 737 g/mol. The van der Waals surface area contributed by atoms with Crippen LogP contribution < -0.4 is 10.2 Å². The van der Waals surface area contributed by atoms with E-state index in [1.165, 1.54) is 60.7 Å². The third kappa shape index (κ3) is 10.0. The number of piperazine rings is 1. The molecule has 0 aromatic heterocycles. The SMILES string of the molecule is [C-]#[N+]C(C#N)/C(=C(C#N)/C=C/C=C1\CCC(/C=C/C=C(\C#N)C(=C(C#N)C#N)c2ccc(C(=O)[O-])cc2)=C1N1CCN(C(=O)OCC)CC1)c1ccc(C(=O)[O-])cc1. The van der Waals surface area contributed by atoms with Gasteiger partial charge < -0.3 is 34.3 Å². The number of benzene rings is 2. The van der Waals surface area contributed by atoms with Crippen LogP contribution >= 0.6 is 0 Å². The lowest BCUT2D eigenvalue weighted by molar-refractivity contribution is -0.256. The van der Waals surface area contributed by atoms with Crippen LogP contribution in [0.5, 0.6) is 0 Å². The lowest BCUT2D eigenvalue weighted by Crippen LogP contribution is -2.48. The van der Waals surface area contributed by atoms with E-state index in [-0.39, 0.29) is 51.2 Å². The highest BCUT2D eigenvalue weighted by atomic mass is 16.6. The van der Waals surface area contributed by atoms with Gasteiger partial charge in [0.2, 0.25) is 0 Å². The first-order valence-electron chi connectivity index (χ1n) is 17.7. The van der Waals surface area contributed by atoms with E-state index in [1.807, 2.05) is 12.1 Å². The van der Waals surface area contributed by atoms with E-state index in [0.717, 1.165) is 16.8 Å². The molecule has 1 saturated heterocycles. The van der Waals surface area contributed by atoms with Crippen molar-refractivity contribution in [3.05, 3.63) is 152 Å². The second-order valence-electron chi connectivity index (χ2n) is 12.5. The number of carboxylic acids is 2. The lowest BCUT2D eigenvalue weighted by atomic mass is 9.93. The normalized spacial score (nSPS) is 15.6. The zero-order valence-corrected chi connectivity index (χ0v) is 31.1. The molecule has 1 heterocycles. The van der Waals surface area contributed by atoms with Gasteiger partial charge in [0.15, 0.2) is 6.07 Å². The van der Waals surface area contributed by atoms with E-state index in [9.17, 15) is 50.9 Å². The van der Waals surface area contributed by atoms with Gasteiger partial charge in [-0.1, -0.05) is 72.8 Å². The van der Waals surface area contributed by atoms with Crippen molar-refractivity contribution >= 4 is 29.2 Å². The second kappa shape index (κ2) is 20.3. The van der Waals surface area contributed by atoms with E-state index >= 15 is 0 Å². The summed E-state index contributed by atoms with van der Waals surface area (Å²) in [5.74, 6) is -2.81. The highest BCUT2D eigenvalue weighted by molar-refractivity contribution is 5.91. The summed E-state index contributed by atoms with van der Waals surface area (Å²) in [6, 6.07) is 18.9. The Bertz CT molecular complexity index is 2420. The zero-order valence-electron chi connectivity index (χ0n) is 31.1. The topological polar surface area (TPSA) is 236 Å². The summed E-state index contributed by atoms with van der Waals surface area (Å²) in [7, 11) is 0. The van der Waals surface area contributed by atoms with Crippen LogP contribution in [-0.2, 0) is 4.74 Å². The zero-order chi connectivity index (χ0) is 42.2. The van der Waals surface area contributed by atoms with Crippen LogP contribution in [0, 0.1) is 63.2 Å².